The summed E-state index contributed by atoms with van der Waals surface area (Å²) in [4.78, 5) is 2.37. The molecule has 2 aliphatic rings. The van der Waals surface area contributed by atoms with E-state index in [0.717, 1.165) is 45.0 Å². The first-order valence-electron chi connectivity index (χ1n) is 7.30. The Kier molecular flexibility index (Phi) is 5.26. The van der Waals surface area contributed by atoms with Gasteiger partial charge in [0.2, 0.25) is 0 Å². The van der Waals surface area contributed by atoms with Crippen LogP contribution in [0.25, 0.3) is 0 Å². The van der Waals surface area contributed by atoms with Crippen LogP contribution in [0.4, 0.5) is 0 Å². The number of aliphatic hydroxyl groups is 1. The molecule has 1 heterocycles. The molecule has 0 radical (unpaired) electrons. The molecular weight excluding hydrogens is 214 g/mol. The van der Waals surface area contributed by atoms with Gasteiger partial charge in [0.15, 0.2) is 0 Å². The number of morpholine rings is 1. The summed E-state index contributed by atoms with van der Waals surface area (Å²) in [6, 6.07) is 0. The number of hydrogen-bond donors (Lipinski definition) is 1. The van der Waals surface area contributed by atoms with Gasteiger partial charge in [-0.15, -0.1) is 0 Å². The van der Waals surface area contributed by atoms with Gasteiger partial charge in [-0.3, -0.25) is 4.90 Å². The second-order valence-electron chi connectivity index (χ2n) is 5.70. The number of ether oxygens (including phenoxy) is 1. The largest absolute Gasteiger partial charge is 0.392 e. The third kappa shape index (κ3) is 4.23. The van der Waals surface area contributed by atoms with Crippen LogP contribution in [0.1, 0.15) is 45.4 Å². The molecule has 0 aromatic carbocycles. The quantitative estimate of drug-likeness (QED) is 0.799. The summed E-state index contributed by atoms with van der Waals surface area (Å²) in [6.45, 7) is 5.82. The molecule has 0 spiro atoms. The van der Waals surface area contributed by atoms with Crippen LogP contribution in [0.2, 0.25) is 0 Å². The Morgan fingerprint density at radius 1 is 1.35 bits per heavy atom. The topological polar surface area (TPSA) is 32.7 Å². The fourth-order valence-electron chi connectivity index (χ4n) is 3.20. The lowest BCUT2D eigenvalue weighted by molar-refractivity contribution is -0.0433. The van der Waals surface area contributed by atoms with Crippen LogP contribution in [-0.2, 0) is 4.74 Å². The highest BCUT2D eigenvalue weighted by Gasteiger charge is 2.23. The van der Waals surface area contributed by atoms with Gasteiger partial charge in [0.05, 0.1) is 18.8 Å². The fourth-order valence-corrected chi connectivity index (χ4v) is 3.20. The van der Waals surface area contributed by atoms with E-state index in [1.54, 1.807) is 0 Å². The molecule has 2 rings (SSSR count). The average Bonchev–Trinajstić information content (AvgIpc) is 2.82. The van der Waals surface area contributed by atoms with E-state index >= 15 is 0 Å². The van der Waals surface area contributed by atoms with Crippen molar-refractivity contribution in [3.63, 3.8) is 0 Å². The van der Waals surface area contributed by atoms with Gasteiger partial charge in [0.25, 0.3) is 0 Å². The van der Waals surface area contributed by atoms with Crippen molar-refractivity contribution in [2.24, 2.45) is 5.92 Å². The lowest BCUT2D eigenvalue weighted by Crippen LogP contribution is -2.45. The molecule has 0 amide bonds. The molecule has 1 saturated carbocycles. The molecule has 0 aromatic rings. The van der Waals surface area contributed by atoms with E-state index in [-0.39, 0.29) is 6.10 Å². The van der Waals surface area contributed by atoms with Crippen molar-refractivity contribution < 1.29 is 9.84 Å². The van der Waals surface area contributed by atoms with Crippen LogP contribution < -0.4 is 0 Å². The van der Waals surface area contributed by atoms with Crippen molar-refractivity contribution in [2.75, 3.05) is 26.2 Å². The van der Waals surface area contributed by atoms with E-state index in [4.69, 9.17) is 4.74 Å². The SMILES string of the molecule is CCC1CN(CC(O)CC2CCCC2)CCO1. The lowest BCUT2D eigenvalue weighted by Gasteiger charge is -2.34. The maximum absolute atomic E-state index is 10.1. The third-order valence-corrected chi connectivity index (χ3v) is 4.23. The molecule has 1 aliphatic heterocycles. The van der Waals surface area contributed by atoms with Gasteiger partial charge in [-0.05, 0) is 18.8 Å². The first-order chi connectivity index (χ1) is 8.28. The lowest BCUT2D eigenvalue weighted by atomic mass is 9.99. The molecule has 0 bridgehead atoms. The molecule has 1 N–H and O–H groups in total. The van der Waals surface area contributed by atoms with Gasteiger partial charge in [0.1, 0.15) is 0 Å². The van der Waals surface area contributed by atoms with Crippen molar-refractivity contribution in [1.82, 2.24) is 4.90 Å². The third-order valence-electron chi connectivity index (χ3n) is 4.23. The zero-order chi connectivity index (χ0) is 12.1. The second kappa shape index (κ2) is 6.72. The normalized spacial score (nSPS) is 29.6. The Morgan fingerprint density at radius 3 is 2.82 bits per heavy atom. The number of aliphatic hydroxyl groups excluding tert-OH is 1. The van der Waals surface area contributed by atoms with Gasteiger partial charge in [0, 0.05) is 19.6 Å². The predicted molar refractivity (Wildman–Crippen MR) is 69.1 cm³/mol. The van der Waals surface area contributed by atoms with Crippen molar-refractivity contribution >= 4 is 0 Å². The Balaban J connectivity index is 1.68. The molecule has 2 unspecified atom stereocenters. The molecule has 3 heteroatoms. The van der Waals surface area contributed by atoms with Gasteiger partial charge < -0.3 is 9.84 Å². The first kappa shape index (κ1) is 13.3. The molecule has 1 saturated heterocycles. The van der Waals surface area contributed by atoms with Crippen LogP contribution in [0.15, 0.2) is 0 Å². The summed E-state index contributed by atoms with van der Waals surface area (Å²) in [5, 5.41) is 10.1. The minimum atomic E-state index is -0.131. The predicted octanol–water partition coefficient (Wildman–Crippen LogP) is 2.04. The summed E-state index contributed by atoms with van der Waals surface area (Å²) in [6.07, 6.45) is 7.73. The highest BCUT2D eigenvalue weighted by atomic mass is 16.5. The van der Waals surface area contributed by atoms with Crippen molar-refractivity contribution in [1.29, 1.82) is 0 Å². The molecular formula is C14H27NO2. The summed E-state index contributed by atoms with van der Waals surface area (Å²) >= 11 is 0. The first-order valence-corrected chi connectivity index (χ1v) is 7.30. The van der Waals surface area contributed by atoms with Crippen LogP contribution in [-0.4, -0.2) is 48.5 Å². The summed E-state index contributed by atoms with van der Waals surface area (Å²) < 4.78 is 5.65. The number of rotatable bonds is 5. The molecule has 3 nitrogen and oxygen atoms in total. The van der Waals surface area contributed by atoms with Crippen molar-refractivity contribution in [3.05, 3.63) is 0 Å². The van der Waals surface area contributed by atoms with Crippen LogP contribution >= 0.6 is 0 Å². The van der Waals surface area contributed by atoms with Crippen molar-refractivity contribution in [2.45, 2.75) is 57.7 Å². The van der Waals surface area contributed by atoms with Crippen molar-refractivity contribution in [3.8, 4) is 0 Å². The number of β-amino-alcohol motifs (C(OH)–C–C–N with tert-alkyl or cyclic N) is 1. The Bertz CT molecular complexity index is 216. The molecule has 100 valence electrons. The van der Waals surface area contributed by atoms with Gasteiger partial charge >= 0.3 is 0 Å². The van der Waals surface area contributed by atoms with Crippen LogP contribution in [0.5, 0.6) is 0 Å². The Labute approximate surface area is 105 Å². The van der Waals surface area contributed by atoms with E-state index in [1.807, 2.05) is 0 Å². The molecule has 17 heavy (non-hydrogen) atoms. The zero-order valence-corrected chi connectivity index (χ0v) is 11.1. The summed E-state index contributed by atoms with van der Waals surface area (Å²) in [5.41, 5.74) is 0. The Hall–Kier alpha value is -0.120. The standard InChI is InChI=1S/C14H27NO2/c1-2-14-11-15(7-8-17-14)10-13(16)9-12-5-3-4-6-12/h12-14,16H,2-11H2,1H3. The summed E-state index contributed by atoms with van der Waals surface area (Å²) in [5.74, 6) is 0.785. The Morgan fingerprint density at radius 2 is 2.12 bits per heavy atom. The minimum Gasteiger partial charge on any atom is -0.392 e. The second-order valence-corrected chi connectivity index (χ2v) is 5.70. The van der Waals surface area contributed by atoms with Crippen LogP contribution in [0.3, 0.4) is 0 Å². The molecule has 2 fully saturated rings. The van der Waals surface area contributed by atoms with E-state index < -0.39 is 0 Å². The average molecular weight is 241 g/mol. The maximum atomic E-state index is 10.1. The van der Waals surface area contributed by atoms with E-state index in [9.17, 15) is 5.11 Å². The maximum Gasteiger partial charge on any atom is 0.0700 e. The van der Waals surface area contributed by atoms with Gasteiger partial charge in [-0.2, -0.15) is 0 Å². The molecule has 1 aliphatic carbocycles. The van der Waals surface area contributed by atoms with Gasteiger partial charge in [-0.1, -0.05) is 32.6 Å². The number of nitrogens with zero attached hydrogens (tertiary/aromatic N) is 1. The molecule has 2 atom stereocenters. The fraction of sp³-hybridized carbons (Fsp3) is 1.00. The highest BCUT2D eigenvalue weighted by Crippen LogP contribution is 2.28. The monoisotopic (exact) mass is 241 g/mol. The van der Waals surface area contributed by atoms with Crippen LogP contribution in [0, 0.1) is 5.92 Å². The zero-order valence-electron chi connectivity index (χ0n) is 11.1. The van der Waals surface area contributed by atoms with Gasteiger partial charge in [-0.25, -0.2) is 0 Å². The minimum absolute atomic E-state index is 0.131. The van der Waals surface area contributed by atoms with E-state index in [1.165, 1.54) is 25.7 Å². The smallest absolute Gasteiger partial charge is 0.0700 e. The van der Waals surface area contributed by atoms with E-state index in [0.29, 0.717) is 6.10 Å². The number of hydrogen-bond acceptors (Lipinski definition) is 3. The highest BCUT2D eigenvalue weighted by molar-refractivity contribution is 4.76. The molecule has 0 aromatic heterocycles. The summed E-state index contributed by atoms with van der Waals surface area (Å²) in [7, 11) is 0. The van der Waals surface area contributed by atoms with E-state index in [2.05, 4.69) is 11.8 Å².